The van der Waals surface area contributed by atoms with Crippen molar-refractivity contribution in [2.75, 3.05) is 17.2 Å². The van der Waals surface area contributed by atoms with Crippen molar-refractivity contribution in [1.82, 2.24) is 10.2 Å². The number of hydrogen-bond acceptors (Lipinski definition) is 5. The van der Waals surface area contributed by atoms with Gasteiger partial charge in [0.15, 0.2) is 11.0 Å². The fraction of sp³-hybridized carbons (Fsp3) is 0.714. The Morgan fingerprint density at radius 1 is 1.30 bits per heavy atom. The second kappa shape index (κ2) is 6.08. The minimum absolute atomic E-state index is 0.177. The van der Waals surface area contributed by atoms with Crippen molar-refractivity contribution in [3.63, 3.8) is 0 Å². The van der Waals surface area contributed by atoms with E-state index in [4.69, 9.17) is 11.6 Å². The number of aliphatic hydroxyl groups is 1. The largest absolute Gasteiger partial charge is 0.391 e. The number of aliphatic hydroxyl groups excluding tert-OH is 1. The number of thioether (sulfide) groups is 1. The van der Waals surface area contributed by atoms with Gasteiger partial charge in [-0.1, -0.05) is 24.4 Å². The summed E-state index contributed by atoms with van der Waals surface area (Å²) in [5.41, 5.74) is 2.21. The lowest BCUT2D eigenvalue weighted by atomic mass is 9.91. The molecule has 2 heterocycles. The second-order valence-electron chi connectivity index (χ2n) is 5.58. The van der Waals surface area contributed by atoms with Gasteiger partial charge in [0.2, 0.25) is 0 Å². The van der Waals surface area contributed by atoms with Crippen LogP contribution in [0.2, 0.25) is 5.15 Å². The molecule has 6 heteroatoms. The molecule has 0 saturated heterocycles. The maximum atomic E-state index is 10.3. The van der Waals surface area contributed by atoms with Gasteiger partial charge in [-0.05, 0) is 25.3 Å². The third-order valence-corrected chi connectivity index (χ3v) is 5.68. The molecule has 1 saturated carbocycles. The normalized spacial score (nSPS) is 27.1. The van der Waals surface area contributed by atoms with E-state index in [1.165, 1.54) is 12.0 Å². The number of halogens is 1. The Morgan fingerprint density at radius 3 is 2.90 bits per heavy atom. The molecule has 1 aromatic heterocycles. The molecule has 0 bridgehead atoms. The van der Waals surface area contributed by atoms with E-state index in [0.717, 1.165) is 48.7 Å². The molecule has 3 rings (SSSR count). The molecule has 1 fully saturated rings. The van der Waals surface area contributed by atoms with Gasteiger partial charge in [0, 0.05) is 23.6 Å². The van der Waals surface area contributed by atoms with Crippen LogP contribution in [-0.4, -0.2) is 39.7 Å². The van der Waals surface area contributed by atoms with Gasteiger partial charge in [0.25, 0.3) is 0 Å². The first-order valence-electron chi connectivity index (χ1n) is 7.22. The van der Waals surface area contributed by atoms with Gasteiger partial charge in [-0.25, -0.2) is 0 Å². The Bertz CT molecular complexity index is 500. The molecule has 0 radical (unpaired) electrons. The predicted octanol–water partition coefficient (Wildman–Crippen LogP) is 2.80. The van der Waals surface area contributed by atoms with Crippen LogP contribution in [0.15, 0.2) is 0 Å². The van der Waals surface area contributed by atoms with E-state index in [2.05, 4.69) is 15.1 Å². The van der Waals surface area contributed by atoms with Gasteiger partial charge in [-0.2, -0.15) is 11.8 Å². The third kappa shape index (κ3) is 2.63. The topological polar surface area (TPSA) is 49.2 Å². The molecule has 2 atom stereocenters. The summed E-state index contributed by atoms with van der Waals surface area (Å²) in [5, 5.41) is 19.3. The number of nitrogens with zero attached hydrogens (tertiary/aromatic N) is 3. The summed E-state index contributed by atoms with van der Waals surface area (Å²) < 4.78 is 0. The van der Waals surface area contributed by atoms with E-state index in [-0.39, 0.29) is 12.1 Å². The summed E-state index contributed by atoms with van der Waals surface area (Å²) >= 11 is 8.01. The molecule has 0 unspecified atom stereocenters. The Kier molecular flexibility index (Phi) is 4.38. The average Bonchev–Trinajstić information content (AvgIpc) is 2.66. The number of anilines is 1. The fourth-order valence-electron chi connectivity index (χ4n) is 3.14. The van der Waals surface area contributed by atoms with Crippen molar-refractivity contribution < 1.29 is 5.11 Å². The lowest BCUT2D eigenvalue weighted by molar-refractivity contribution is 0.104. The van der Waals surface area contributed by atoms with Crippen LogP contribution in [0.25, 0.3) is 0 Å². The molecule has 4 nitrogen and oxygen atoms in total. The Morgan fingerprint density at radius 2 is 2.10 bits per heavy atom. The molecule has 0 spiro atoms. The van der Waals surface area contributed by atoms with Crippen molar-refractivity contribution in [2.45, 2.75) is 50.5 Å². The van der Waals surface area contributed by atoms with Crippen LogP contribution in [-0.2, 0) is 5.75 Å². The van der Waals surface area contributed by atoms with Crippen LogP contribution in [0.3, 0.4) is 0 Å². The standard InChI is InChI=1S/C14H20ClN3OS/c1-9-10-8-20-7-6-18(14(10)17-16-13(9)15)11-4-2-3-5-12(11)19/h11-12,19H,2-8H2,1H3/t11-,12-/m1/s1. The summed E-state index contributed by atoms with van der Waals surface area (Å²) in [6.07, 6.45) is 3.98. The van der Waals surface area contributed by atoms with Crippen molar-refractivity contribution in [1.29, 1.82) is 0 Å². The lowest BCUT2D eigenvalue weighted by Gasteiger charge is -2.38. The first kappa shape index (κ1) is 14.4. The average molecular weight is 314 g/mol. The molecule has 0 aromatic carbocycles. The van der Waals surface area contributed by atoms with E-state index in [9.17, 15) is 5.11 Å². The molecule has 20 heavy (non-hydrogen) atoms. The van der Waals surface area contributed by atoms with Gasteiger partial charge in [0.05, 0.1) is 12.1 Å². The highest BCUT2D eigenvalue weighted by Crippen LogP contribution is 2.35. The van der Waals surface area contributed by atoms with Crippen LogP contribution < -0.4 is 4.90 Å². The smallest absolute Gasteiger partial charge is 0.156 e. The van der Waals surface area contributed by atoms with Crippen LogP contribution in [0.5, 0.6) is 0 Å². The van der Waals surface area contributed by atoms with Crippen molar-refractivity contribution in [3.05, 3.63) is 16.3 Å². The summed E-state index contributed by atoms with van der Waals surface area (Å²) in [6.45, 7) is 2.94. The first-order valence-corrected chi connectivity index (χ1v) is 8.76. The van der Waals surface area contributed by atoms with Crippen molar-refractivity contribution in [3.8, 4) is 0 Å². The quantitative estimate of drug-likeness (QED) is 0.864. The number of rotatable bonds is 1. The minimum atomic E-state index is -0.252. The van der Waals surface area contributed by atoms with E-state index in [1.54, 1.807) is 0 Å². The number of hydrogen-bond donors (Lipinski definition) is 1. The molecule has 2 aliphatic rings. The molecule has 110 valence electrons. The molecule has 1 aliphatic heterocycles. The minimum Gasteiger partial charge on any atom is -0.391 e. The van der Waals surface area contributed by atoms with Crippen LogP contribution >= 0.6 is 23.4 Å². The highest BCUT2D eigenvalue weighted by Gasteiger charge is 2.32. The summed E-state index contributed by atoms with van der Waals surface area (Å²) in [7, 11) is 0. The van der Waals surface area contributed by atoms with Crippen LogP contribution in [0, 0.1) is 6.92 Å². The molecular formula is C14H20ClN3OS. The maximum Gasteiger partial charge on any atom is 0.156 e. The molecule has 1 aromatic rings. The zero-order chi connectivity index (χ0) is 14.1. The zero-order valence-corrected chi connectivity index (χ0v) is 13.3. The third-order valence-electron chi connectivity index (χ3n) is 4.35. The van der Waals surface area contributed by atoms with Crippen molar-refractivity contribution in [2.24, 2.45) is 0 Å². The Hall–Kier alpha value is -0.520. The van der Waals surface area contributed by atoms with E-state index in [1.807, 2.05) is 18.7 Å². The van der Waals surface area contributed by atoms with Gasteiger partial charge in [-0.15, -0.1) is 10.2 Å². The number of aromatic nitrogens is 2. The summed E-state index contributed by atoms with van der Waals surface area (Å²) in [6, 6.07) is 0.177. The molecule has 0 amide bonds. The first-order chi connectivity index (χ1) is 9.68. The highest BCUT2D eigenvalue weighted by atomic mass is 35.5. The maximum absolute atomic E-state index is 10.3. The molecule has 1 N–H and O–H groups in total. The fourth-order valence-corrected chi connectivity index (χ4v) is 4.32. The predicted molar refractivity (Wildman–Crippen MR) is 83.5 cm³/mol. The van der Waals surface area contributed by atoms with E-state index >= 15 is 0 Å². The van der Waals surface area contributed by atoms with Crippen LogP contribution in [0.4, 0.5) is 5.82 Å². The summed E-state index contributed by atoms with van der Waals surface area (Å²) in [4.78, 5) is 2.27. The van der Waals surface area contributed by atoms with E-state index < -0.39 is 0 Å². The monoisotopic (exact) mass is 313 g/mol. The van der Waals surface area contributed by atoms with Gasteiger partial charge >= 0.3 is 0 Å². The zero-order valence-electron chi connectivity index (χ0n) is 11.7. The SMILES string of the molecule is Cc1c(Cl)nnc2c1CSCCN2[C@@H]1CCCC[C@H]1O. The number of fused-ring (bicyclic) bond motifs is 1. The highest BCUT2D eigenvalue weighted by molar-refractivity contribution is 7.98. The Balaban J connectivity index is 1.99. The Labute approximate surface area is 128 Å². The van der Waals surface area contributed by atoms with E-state index in [0.29, 0.717) is 5.15 Å². The molecule has 1 aliphatic carbocycles. The molecular weight excluding hydrogens is 294 g/mol. The lowest BCUT2D eigenvalue weighted by Crippen LogP contribution is -2.47. The second-order valence-corrected chi connectivity index (χ2v) is 7.05. The van der Waals surface area contributed by atoms with Crippen molar-refractivity contribution >= 4 is 29.2 Å². The summed E-state index contributed by atoms with van der Waals surface area (Å²) in [5.74, 6) is 2.91. The van der Waals surface area contributed by atoms with Gasteiger partial charge in [-0.3, -0.25) is 0 Å². The van der Waals surface area contributed by atoms with Gasteiger partial charge < -0.3 is 10.0 Å². The van der Waals surface area contributed by atoms with Gasteiger partial charge in [0.1, 0.15) is 0 Å². The van der Waals surface area contributed by atoms with Crippen LogP contribution in [0.1, 0.15) is 36.8 Å².